The van der Waals surface area contributed by atoms with E-state index >= 15 is 0 Å². The van der Waals surface area contributed by atoms with Gasteiger partial charge in [-0.3, -0.25) is 14.9 Å². The maximum absolute atomic E-state index is 12.4. The molecule has 154 valence electrons. The van der Waals surface area contributed by atoms with Crippen LogP contribution in [-0.2, 0) is 9.53 Å². The first kappa shape index (κ1) is 20.8. The molecule has 30 heavy (non-hydrogen) atoms. The van der Waals surface area contributed by atoms with Crippen molar-refractivity contribution in [2.45, 2.75) is 0 Å². The molecule has 1 aliphatic heterocycles. The van der Waals surface area contributed by atoms with E-state index in [0.717, 1.165) is 0 Å². The van der Waals surface area contributed by atoms with E-state index in [4.69, 9.17) is 9.47 Å². The van der Waals surface area contributed by atoms with Gasteiger partial charge in [0.25, 0.3) is 11.6 Å². The molecule has 9 heteroatoms. The zero-order chi connectivity index (χ0) is 21.5. The van der Waals surface area contributed by atoms with Crippen molar-refractivity contribution in [1.29, 1.82) is 5.26 Å². The zero-order valence-electron chi connectivity index (χ0n) is 16.3. The first-order chi connectivity index (χ1) is 14.5. The molecular formula is C21H20N4O5. The summed E-state index contributed by atoms with van der Waals surface area (Å²) in [4.78, 5) is 25.4. The minimum absolute atomic E-state index is 0.0847. The van der Waals surface area contributed by atoms with Crippen LogP contribution in [0, 0.1) is 21.4 Å². The molecule has 0 bridgehead atoms. The molecule has 2 aromatic carbocycles. The third kappa shape index (κ3) is 4.92. The predicted octanol–water partition coefficient (Wildman–Crippen LogP) is 2.99. The Bertz CT molecular complexity index is 1010. The number of carbonyl (C=O) groups excluding carboxylic acids is 1. The second kappa shape index (κ2) is 9.54. The quantitative estimate of drug-likeness (QED) is 0.338. The Morgan fingerprint density at radius 3 is 2.57 bits per heavy atom. The number of methoxy groups -OCH3 is 1. The van der Waals surface area contributed by atoms with Gasteiger partial charge in [0.05, 0.1) is 25.2 Å². The van der Waals surface area contributed by atoms with Gasteiger partial charge >= 0.3 is 0 Å². The van der Waals surface area contributed by atoms with E-state index in [1.165, 1.54) is 19.3 Å². The van der Waals surface area contributed by atoms with E-state index in [2.05, 4.69) is 5.32 Å². The molecule has 0 spiro atoms. The molecule has 1 aliphatic rings. The Hall–Kier alpha value is -3.90. The lowest BCUT2D eigenvalue weighted by atomic mass is 10.1. The van der Waals surface area contributed by atoms with Gasteiger partial charge in [0.2, 0.25) is 0 Å². The number of morpholine rings is 1. The molecule has 1 heterocycles. The highest BCUT2D eigenvalue weighted by molar-refractivity contribution is 6.09. The molecule has 1 fully saturated rings. The highest BCUT2D eigenvalue weighted by Gasteiger charge is 2.22. The lowest BCUT2D eigenvalue weighted by molar-refractivity contribution is -0.384. The molecule has 1 saturated heterocycles. The molecule has 0 atom stereocenters. The topological polar surface area (TPSA) is 118 Å². The van der Waals surface area contributed by atoms with Crippen molar-refractivity contribution < 1.29 is 19.2 Å². The van der Waals surface area contributed by atoms with Crippen LogP contribution in [0.2, 0.25) is 0 Å². The van der Waals surface area contributed by atoms with Crippen molar-refractivity contribution in [3.8, 4) is 11.8 Å². The summed E-state index contributed by atoms with van der Waals surface area (Å²) in [6, 6.07) is 13.1. The highest BCUT2D eigenvalue weighted by atomic mass is 16.6. The fraction of sp³-hybridized carbons (Fsp3) is 0.238. The molecule has 0 unspecified atom stereocenters. The Kier molecular flexibility index (Phi) is 6.62. The van der Waals surface area contributed by atoms with E-state index < -0.39 is 10.8 Å². The van der Waals surface area contributed by atoms with Crippen molar-refractivity contribution in [2.24, 2.45) is 0 Å². The fourth-order valence-electron chi connectivity index (χ4n) is 3.04. The van der Waals surface area contributed by atoms with E-state index in [1.807, 2.05) is 11.0 Å². The average Bonchev–Trinajstić information content (AvgIpc) is 2.78. The first-order valence-corrected chi connectivity index (χ1v) is 9.20. The van der Waals surface area contributed by atoms with Crippen molar-refractivity contribution in [2.75, 3.05) is 43.6 Å². The summed E-state index contributed by atoms with van der Waals surface area (Å²) in [5.41, 5.74) is 1.12. The van der Waals surface area contributed by atoms with Crippen LogP contribution in [0.15, 0.2) is 48.0 Å². The number of hydrogen-bond acceptors (Lipinski definition) is 7. The molecule has 0 radical (unpaired) electrons. The van der Waals surface area contributed by atoms with E-state index in [9.17, 15) is 20.2 Å². The minimum atomic E-state index is -0.609. The fourth-order valence-corrected chi connectivity index (χ4v) is 3.04. The van der Waals surface area contributed by atoms with Gasteiger partial charge in [0, 0.05) is 24.8 Å². The monoisotopic (exact) mass is 408 g/mol. The minimum Gasteiger partial charge on any atom is -0.497 e. The number of nitriles is 1. The molecule has 9 nitrogen and oxygen atoms in total. The number of nitro groups is 1. The van der Waals surface area contributed by atoms with Crippen LogP contribution < -0.4 is 15.0 Å². The van der Waals surface area contributed by atoms with Crippen LogP contribution in [0.5, 0.6) is 5.75 Å². The SMILES string of the molecule is COc1ccc(NC(=O)/C(C#N)=C\c2ccc(N3CCOCC3)c([N+](=O)[O-])c2)cc1. The molecule has 0 saturated carbocycles. The van der Waals surface area contributed by atoms with Gasteiger partial charge in [-0.15, -0.1) is 0 Å². The summed E-state index contributed by atoms with van der Waals surface area (Å²) in [6.07, 6.45) is 1.33. The van der Waals surface area contributed by atoms with Crippen LogP contribution in [0.25, 0.3) is 6.08 Å². The lowest BCUT2D eigenvalue weighted by Gasteiger charge is -2.28. The van der Waals surface area contributed by atoms with Gasteiger partial charge < -0.3 is 19.7 Å². The maximum Gasteiger partial charge on any atom is 0.293 e. The number of hydrogen-bond donors (Lipinski definition) is 1. The first-order valence-electron chi connectivity index (χ1n) is 9.20. The van der Waals surface area contributed by atoms with Gasteiger partial charge in [-0.25, -0.2) is 0 Å². The standard InChI is InChI=1S/C21H20N4O5/c1-29-18-5-3-17(4-6-18)23-21(26)16(14-22)12-15-2-7-19(20(13-15)25(27)28)24-8-10-30-11-9-24/h2-7,12-13H,8-11H2,1H3,(H,23,26)/b16-12-. The Morgan fingerprint density at radius 1 is 1.27 bits per heavy atom. The van der Waals surface area contributed by atoms with Crippen LogP contribution in [-0.4, -0.2) is 44.2 Å². The smallest absolute Gasteiger partial charge is 0.293 e. The molecule has 0 aliphatic carbocycles. The van der Waals surface area contributed by atoms with Crippen LogP contribution in [0.1, 0.15) is 5.56 Å². The molecule has 0 aromatic heterocycles. The number of amides is 1. The summed E-state index contributed by atoms with van der Waals surface area (Å²) in [5.74, 6) is 0.0271. The van der Waals surface area contributed by atoms with Gasteiger partial charge in [0.15, 0.2) is 0 Å². The number of carbonyl (C=O) groups is 1. The third-order valence-corrected chi connectivity index (χ3v) is 4.57. The summed E-state index contributed by atoms with van der Waals surface area (Å²) >= 11 is 0. The van der Waals surface area contributed by atoms with Crippen molar-refractivity contribution in [3.05, 3.63) is 63.7 Å². The van der Waals surface area contributed by atoms with Crippen molar-refractivity contribution >= 4 is 29.0 Å². The summed E-state index contributed by atoms with van der Waals surface area (Å²) in [5, 5.41) is 23.6. The van der Waals surface area contributed by atoms with Crippen LogP contribution >= 0.6 is 0 Å². The molecule has 2 aromatic rings. The lowest BCUT2D eigenvalue weighted by Crippen LogP contribution is -2.36. The largest absolute Gasteiger partial charge is 0.497 e. The number of nitrogens with one attached hydrogen (secondary N) is 1. The van der Waals surface area contributed by atoms with E-state index in [0.29, 0.717) is 49.0 Å². The number of rotatable bonds is 6. The summed E-state index contributed by atoms with van der Waals surface area (Å²) in [6.45, 7) is 2.12. The number of nitrogens with zero attached hydrogens (tertiary/aromatic N) is 3. The molecule has 1 N–H and O–H groups in total. The Balaban J connectivity index is 1.83. The molecule has 1 amide bonds. The Labute approximate surface area is 173 Å². The van der Waals surface area contributed by atoms with Gasteiger partial charge in [-0.1, -0.05) is 6.07 Å². The predicted molar refractivity (Wildman–Crippen MR) is 111 cm³/mol. The molecular weight excluding hydrogens is 388 g/mol. The number of benzene rings is 2. The van der Waals surface area contributed by atoms with E-state index in [1.54, 1.807) is 36.4 Å². The second-order valence-electron chi connectivity index (χ2n) is 6.46. The number of anilines is 2. The average molecular weight is 408 g/mol. The van der Waals surface area contributed by atoms with Crippen LogP contribution in [0.3, 0.4) is 0 Å². The van der Waals surface area contributed by atoms with Crippen LogP contribution in [0.4, 0.5) is 17.1 Å². The maximum atomic E-state index is 12.4. The Morgan fingerprint density at radius 2 is 1.97 bits per heavy atom. The van der Waals surface area contributed by atoms with Gasteiger partial charge in [-0.2, -0.15) is 5.26 Å². The normalized spacial score (nSPS) is 14.0. The van der Waals surface area contributed by atoms with Gasteiger partial charge in [0.1, 0.15) is 23.1 Å². The highest BCUT2D eigenvalue weighted by Crippen LogP contribution is 2.30. The van der Waals surface area contributed by atoms with Crippen molar-refractivity contribution in [1.82, 2.24) is 0 Å². The number of nitro benzene ring substituents is 1. The third-order valence-electron chi connectivity index (χ3n) is 4.57. The van der Waals surface area contributed by atoms with E-state index in [-0.39, 0.29) is 11.3 Å². The second-order valence-corrected chi connectivity index (χ2v) is 6.46. The zero-order valence-corrected chi connectivity index (χ0v) is 16.3. The molecule has 3 rings (SSSR count). The number of ether oxygens (including phenoxy) is 2. The summed E-state index contributed by atoms with van der Waals surface area (Å²) < 4.78 is 10.4. The van der Waals surface area contributed by atoms with Gasteiger partial charge in [-0.05, 0) is 42.0 Å². The van der Waals surface area contributed by atoms with Crippen molar-refractivity contribution in [3.63, 3.8) is 0 Å². The summed E-state index contributed by atoms with van der Waals surface area (Å²) in [7, 11) is 1.54.